The van der Waals surface area contributed by atoms with Crippen molar-refractivity contribution in [3.8, 4) is 0 Å². The fourth-order valence-corrected chi connectivity index (χ4v) is 3.95. The van der Waals surface area contributed by atoms with Gasteiger partial charge in [-0.3, -0.25) is 9.36 Å². The molecule has 0 saturated heterocycles. The molecule has 176 valence electrons. The van der Waals surface area contributed by atoms with Gasteiger partial charge in [0.2, 0.25) is 0 Å². The third-order valence-corrected chi connectivity index (χ3v) is 5.81. The Morgan fingerprint density at radius 2 is 1.27 bits per heavy atom. The molecular formula is C27H35N3O3. The fraction of sp³-hybridized carbons (Fsp3) is 0.444. The maximum absolute atomic E-state index is 11.8. The molecule has 0 aliphatic rings. The summed E-state index contributed by atoms with van der Waals surface area (Å²) in [6.07, 6.45) is 1.41. The van der Waals surface area contributed by atoms with Gasteiger partial charge >= 0.3 is 5.76 Å². The van der Waals surface area contributed by atoms with Crippen molar-refractivity contribution >= 4 is 22.1 Å². The molecule has 6 nitrogen and oxygen atoms in total. The van der Waals surface area contributed by atoms with E-state index in [9.17, 15) is 9.59 Å². The first-order valence-corrected chi connectivity index (χ1v) is 11.7. The molecule has 2 aromatic carbocycles. The van der Waals surface area contributed by atoms with Crippen LogP contribution in [0.1, 0.15) is 90.4 Å². The Bertz CT molecular complexity index is 1370. The summed E-state index contributed by atoms with van der Waals surface area (Å²) >= 11 is 0. The van der Waals surface area contributed by atoms with Crippen LogP contribution in [0, 0.1) is 0 Å². The second-order valence-corrected chi connectivity index (χ2v) is 9.68. The zero-order chi connectivity index (χ0) is 24.4. The van der Waals surface area contributed by atoms with Crippen LogP contribution in [0.2, 0.25) is 0 Å². The molecule has 2 heterocycles. The van der Waals surface area contributed by atoms with Gasteiger partial charge < -0.3 is 8.98 Å². The molecular weight excluding hydrogens is 414 g/mol. The molecule has 2 aromatic heterocycles. The van der Waals surface area contributed by atoms with Gasteiger partial charge in [-0.25, -0.2) is 9.78 Å². The standard InChI is InChI=1S/C14H18N2O.C13H17NO2/c1-9(2)11-5-6-13-12(7-11)15-8-14(17)16(13)10(3)4;1-8(2)10-5-6-11-12(7-10)16-13(15)14(11)9(3)4/h5-10H,1-4H3;5-9H,1-4H3. The maximum Gasteiger partial charge on any atom is 0.420 e. The zero-order valence-electron chi connectivity index (χ0n) is 20.9. The largest absolute Gasteiger partial charge is 0.420 e. The van der Waals surface area contributed by atoms with Crippen LogP contribution in [0.3, 0.4) is 0 Å². The van der Waals surface area contributed by atoms with E-state index < -0.39 is 0 Å². The second kappa shape index (κ2) is 9.77. The topological polar surface area (TPSA) is 70.0 Å². The van der Waals surface area contributed by atoms with E-state index in [-0.39, 0.29) is 23.4 Å². The van der Waals surface area contributed by atoms with E-state index >= 15 is 0 Å². The summed E-state index contributed by atoms with van der Waals surface area (Å²) in [6, 6.07) is 12.4. The molecule has 33 heavy (non-hydrogen) atoms. The van der Waals surface area contributed by atoms with E-state index in [1.54, 1.807) is 9.13 Å². The summed E-state index contributed by atoms with van der Waals surface area (Å²) in [5.41, 5.74) is 5.77. The molecule has 0 N–H and O–H groups in total. The van der Waals surface area contributed by atoms with Crippen LogP contribution in [0.4, 0.5) is 0 Å². The third kappa shape index (κ3) is 5.10. The molecule has 0 atom stereocenters. The monoisotopic (exact) mass is 449 g/mol. The SMILES string of the molecule is CC(C)c1ccc2c(c1)ncc(=O)n2C(C)C.CC(C)c1ccc2c(c1)oc(=O)n2C(C)C. The van der Waals surface area contributed by atoms with Gasteiger partial charge in [-0.05, 0) is 74.9 Å². The quantitative estimate of drug-likeness (QED) is 0.361. The predicted octanol–water partition coefficient (Wildman–Crippen LogP) is 6.40. The van der Waals surface area contributed by atoms with Crippen LogP contribution in [0.15, 0.2) is 56.6 Å². The van der Waals surface area contributed by atoms with Gasteiger partial charge in [-0.1, -0.05) is 39.8 Å². The summed E-state index contributed by atoms with van der Waals surface area (Å²) in [5, 5.41) is 0. The van der Waals surface area contributed by atoms with Gasteiger partial charge in [0.05, 0.1) is 22.7 Å². The molecule has 0 amide bonds. The Balaban J connectivity index is 0.000000186. The lowest BCUT2D eigenvalue weighted by Gasteiger charge is -2.14. The Kier molecular flexibility index (Phi) is 7.25. The lowest BCUT2D eigenvalue weighted by molar-refractivity contribution is 0.478. The van der Waals surface area contributed by atoms with Crippen molar-refractivity contribution in [2.24, 2.45) is 0 Å². The number of hydrogen-bond donors (Lipinski definition) is 0. The van der Waals surface area contributed by atoms with Crippen molar-refractivity contribution in [3.63, 3.8) is 0 Å². The number of aromatic nitrogens is 3. The van der Waals surface area contributed by atoms with Gasteiger partial charge in [0.25, 0.3) is 5.56 Å². The lowest BCUT2D eigenvalue weighted by Crippen LogP contribution is -2.22. The Morgan fingerprint density at radius 1 is 0.727 bits per heavy atom. The van der Waals surface area contributed by atoms with E-state index in [1.807, 2.05) is 45.9 Å². The maximum atomic E-state index is 11.8. The summed E-state index contributed by atoms with van der Waals surface area (Å²) in [7, 11) is 0. The van der Waals surface area contributed by atoms with Gasteiger partial charge in [0.15, 0.2) is 5.58 Å². The van der Waals surface area contributed by atoms with Crippen molar-refractivity contribution in [3.05, 3.63) is 74.6 Å². The highest BCUT2D eigenvalue weighted by Gasteiger charge is 2.13. The molecule has 0 aliphatic heterocycles. The first-order valence-electron chi connectivity index (χ1n) is 11.7. The van der Waals surface area contributed by atoms with Gasteiger partial charge in [-0.15, -0.1) is 0 Å². The number of hydrogen-bond acceptors (Lipinski definition) is 4. The van der Waals surface area contributed by atoms with Crippen LogP contribution < -0.4 is 11.3 Å². The average molecular weight is 450 g/mol. The Morgan fingerprint density at radius 3 is 1.82 bits per heavy atom. The number of oxazole rings is 1. The molecule has 4 aromatic rings. The van der Waals surface area contributed by atoms with E-state index in [4.69, 9.17) is 4.42 Å². The highest BCUT2D eigenvalue weighted by molar-refractivity contribution is 5.76. The van der Waals surface area contributed by atoms with E-state index in [2.05, 4.69) is 50.9 Å². The van der Waals surface area contributed by atoms with Crippen molar-refractivity contribution in [2.45, 2.75) is 79.3 Å². The van der Waals surface area contributed by atoms with Crippen LogP contribution in [-0.4, -0.2) is 14.1 Å². The molecule has 4 rings (SSSR count). The summed E-state index contributed by atoms with van der Waals surface area (Å²) in [4.78, 5) is 27.7. The summed E-state index contributed by atoms with van der Waals surface area (Å²) < 4.78 is 8.72. The molecule has 0 fully saturated rings. The minimum absolute atomic E-state index is 0.0372. The summed E-state index contributed by atoms with van der Waals surface area (Å²) in [5.74, 6) is 0.642. The fourth-order valence-electron chi connectivity index (χ4n) is 3.95. The van der Waals surface area contributed by atoms with Crippen LogP contribution in [0.5, 0.6) is 0 Å². The van der Waals surface area contributed by atoms with Crippen LogP contribution >= 0.6 is 0 Å². The highest BCUT2D eigenvalue weighted by Crippen LogP contribution is 2.23. The van der Waals surface area contributed by atoms with Gasteiger partial charge in [-0.2, -0.15) is 0 Å². The molecule has 0 aliphatic carbocycles. The van der Waals surface area contributed by atoms with Crippen molar-refractivity contribution < 1.29 is 4.42 Å². The first kappa shape index (κ1) is 24.5. The highest BCUT2D eigenvalue weighted by atomic mass is 16.4. The van der Waals surface area contributed by atoms with Crippen LogP contribution in [0.25, 0.3) is 22.1 Å². The van der Waals surface area contributed by atoms with E-state index in [0.29, 0.717) is 17.4 Å². The minimum Gasteiger partial charge on any atom is -0.408 e. The molecule has 0 unspecified atom stereocenters. The molecule has 0 radical (unpaired) electrons. The predicted molar refractivity (Wildman–Crippen MR) is 135 cm³/mol. The lowest BCUT2D eigenvalue weighted by atomic mass is 10.0. The van der Waals surface area contributed by atoms with E-state index in [1.165, 1.54) is 17.3 Å². The number of fused-ring (bicyclic) bond motifs is 2. The number of benzene rings is 2. The second-order valence-electron chi connectivity index (χ2n) is 9.68. The third-order valence-electron chi connectivity index (χ3n) is 5.81. The summed E-state index contributed by atoms with van der Waals surface area (Å²) in [6.45, 7) is 16.5. The zero-order valence-corrected chi connectivity index (χ0v) is 20.9. The molecule has 0 spiro atoms. The van der Waals surface area contributed by atoms with Gasteiger partial charge in [0.1, 0.15) is 0 Å². The van der Waals surface area contributed by atoms with Crippen molar-refractivity contribution in [1.29, 1.82) is 0 Å². The first-order chi connectivity index (χ1) is 15.5. The molecule has 0 saturated carbocycles. The Hall–Kier alpha value is -3.15. The molecule has 0 bridgehead atoms. The van der Waals surface area contributed by atoms with Gasteiger partial charge in [0, 0.05) is 12.1 Å². The van der Waals surface area contributed by atoms with Crippen molar-refractivity contribution in [1.82, 2.24) is 14.1 Å². The van der Waals surface area contributed by atoms with Crippen molar-refractivity contribution in [2.75, 3.05) is 0 Å². The normalized spacial score (nSPS) is 11.8. The number of nitrogens with zero attached hydrogens (tertiary/aromatic N) is 3. The number of rotatable bonds is 4. The Labute approximate surface area is 194 Å². The smallest absolute Gasteiger partial charge is 0.408 e. The minimum atomic E-state index is -0.272. The van der Waals surface area contributed by atoms with E-state index in [0.717, 1.165) is 16.6 Å². The average Bonchev–Trinajstić information content (AvgIpc) is 3.08. The molecule has 6 heteroatoms. The van der Waals surface area contributed by atoms with Crippen LogP contribution in [-0.2, 0) is 0 Å².